The molecule has 4 aromatic rings. The molecule has 4 aromatic carbocycles. The van der Waals surface area contributed by atoms with E-state index in [1.165, 1.54) is 29.6 Å². The molecule has 0 saturated heterocycles. The van der Waals surface area contributed by atoms with Gasteiger partial charge in [-0.1, -0.05) is 103 Å². The molecule has 0 fully saturated rings. The van der Waals surface area contributed by atoms with E-state index in [0.29, 0.717) is 25.3 Å². The van der Waals surface area contributed by atoms with E-state index in [-0.39, 0.29) is 28.9 Å². The number of sulfonamides is 1. The molecule has 0 heterocycles. The summed E-state index contributed by atoms with van der Waals surface area (Å²) in [4.78, 5) is 15.5. The van der Waals surface area contributed by atoms with Gasteiger partial charge in [0.1, 0.15) is 5.75 Å². The van der Waals surface area contributed by atoms with Gasteiger partial charge in [0.05, 0.1) is 23.6 Å². The lowest BCUT2D eigenvalue weighted by Crippen LogP contribution is -2.43. The van der Waals surface area contributed by atoms with Crippen LogP contribution in [0.2, 0.25) is 5.02 Å². The lowest BCUT2D eigenvalue weighted by molar-refractivity contribution is -0.132. The first-order valence-corrected chi connectivity index (χ1v) is 14.4. The number of benzene rings is 4. The Morgan fingerprint density at radius 1 is 0.769 bits per heavy atom. The number of rotatable bonds is 12. The highest BCUT2D eigenvalue weighted by molar-refractivity contribution is 7.89. The molecule has 6 nitrogen and oxygen atoms in total. The van der Waals surface area contributed by atoms with Crippen molar-refractivity contribution in [1.82, 2.24) is 9.21 Å². The average Bonchev–Trinajstić information content (AvgIpc) is 2.96. The molecule has 202 valence electrons. The first-order chi connectivity index (χ1) is 18.9. The van der Waals surface area contributed by atoms with Crippen LogP contribution in [0.4, 0.5) is 0 Å². The Labute approximate surface area is 235 Å². The van der Waals surface area contributed by atoms with Crippen LogP contribution in [0, 0.1) is 0 Å². The largest absolute Gasteiger partial charge is 0.495 e. The predicted octanol–water partition coefficient (Wildman–Crippen LogP) is 5.81. The molecule has 0 spiro atoms. The summed E-state index contributed by atoms with van der Waals surface area (Å²) in [5, 5.41) is 0.183. The average molecular weight is 563 g/mol. The molecule has 0 aliphatic carbocycles. The van der Waals surface area contributed by atoms with Crippen LogP contribution in [0.5, 0.6) is 5.75 Å². The molecular weight excluding hydrogens is 532 g/mol. The molecule has 0 saturated carbocycles. The number of nitrogens with zero attached hydrogens (tertiary/aromatic N) is 2. The SMILES string of the molecule is COc1ccc(S(=O)(=O)N(CCc2ccccc2)CC(=O)N(Cc2ccccc2)Cc2ccccc2)cc1Cl. The highest BCUT2D eigenvalue weighted by atomic mass is 35.5. The Hall–Kier alpha value is -3.65. The maximum Gasteiger partial charge on any atom is 0.243 e. The van der Waals surface area contributed by atoms with Gasteiger partial charge in [-0.3, -0.25) is 4.79 Å². The fraction of sp³-hybridized carbons (Fsp3) is 0.194. The Bertz CT molecular complexity index is 1430. The van der Waals surface area contributed by atoms with Crippen molar-refractivity contribution in [1.29, 1.82) is 0 Å². The van der Waals surface area contributed by atoms with Crippen LogP contribution in [0.15, 0.2) is 114 Å². The summed E-state index contributed by atoms with van der Waals surface area (Å²) < 4.78 is 34.1. The third-order valence-electron chi connectivity index (χ3n) is 6.35. The van der Waals surface area contributed by atoms with Crippen molar-refractivity contribution < 1.29 is 17.9 Å². The molecular formula is C31H31ClN2O4S. The van der Waals surface area contributed by atoms with Gasteiger partial charge in [0.2, 0.25) is 15.9 Å². The molecule has 0 bridgehead atoms. The van der Waals surface area contributed by atoms with Crippen LogP contribution in [0.25, 0.3) is 0 Å². The zero-order valence-corrected chi connectivity index (χ0v) is 23.3. The minimum atomic E-state index is -4.05. The quantitative estimate of drug-likeness (QED) is 0.218. The highest BCUT2D eigenvalue weighted by Gasteiger charge is 2.29. The zero-order chi connectivity index (χ0) is 27.7. The molecule has 0 unspecified atom stereocenters. The third-order valence-corrected chi connectivity index (χ3v) is 8.49. The maximum atomic E-state index is 13.8. The highest BCUT2D eigenvalue weighted by Crippen LogP contribution is 2.28. The number of halogens is 1. The van der Waals surface area contributed by atoms with Gasteiger partial charge >= 0.3 is 0 Å². The number of hydrogen-bond donors (Lipinski definition) is 0. The number of carbonyl (C=O) groups is 1. The van der Waals surface area contributed by atoms with Gasteiger partial charge in [-0.15, -0.1) is 0 Å². The fourth-order valence-electron chi connectivity index (χ4n) is 4.23. The molecule has 0 aliphatic rings. The summed E-state index contributed by atoms with van der Waals surface area (Å²) in [6.45, 7) is 0.537. The summed E-state index contributed by atoms with van der Waals surface area (Å²) in [5.74, 6) is 0.0818. The number of ether oxygens (including phenoxy) is 1. The minimum Gasteiger partial charge on any atom is -0.495 e. The molecule has 0 aromatic heterocycles. The Kier molecular flexibility index (Phi) is 9.76. The van der Waals surface area contributed by atoms with Crippen LogP contribution in [-0.4, -0.2) is 43.7 Å². The van der Waals surface area contributed by atoms with Gasteiger partial charge < -0.3 is 9.64 Å². The van der Waals surface area contributed by atoms with E-state index in [9.17, 15) is 13.2 Å². The first-order valence-electron chi connectivity index (χ1n) is 12.6. The van der Waals surface area contributed by atoms with Crippen molar-refractivity contribution >= 4 is 27.5 Å². The summed E-state index contributed by atoms with van der Waals surface area (Å²) >= 11 is 6.27. The minimum absolute atomic E-state index is 0.00632. The van der Waals surface area contributed by atoms with Crippen LogP contribution < -0.4 is 4.74 Å². The monoisotopic (exact) mass is 562 g/mol. The maximum absolute atomic E-state index is 13.8. The molecule has 0 aliphatic heterocycles. The summed E-state index contributed by atoms with van der Waals surface area (Å²) in [6, 6.07) is 33.3. The topological polar surface area (TPSA) is 66.9 Å². The third kappa shape index (κ3) is 7.69. The smallest absolute Gasteiger partial charge is 0.243 e. The molecule has 0 atom stereocenters. The Morgan fingerprint density at radius 2 is 1.28 bits per heavy atom. The second-order valence-corrected chi connectivity index (χ2v) is 11.4. The Morgan fingerprint density at radius 3 is 1.77 bits per heavy atom. The van der Waals surface area contributed by atoms with Crippen LogP contribution in [0.3, 0.4) is 0 Å². The van der Waals surface area contributed by atoms with Crippen molar-refractivity contribution in [3.05, 3.63) is 131 Å². The van der Waals surface area contributed by atoms with Gasteiger partial charge in [0.25, 0.3) is 0 Å². The second-order valence-electron chi connectivity index (χ2n) is 9.09. The number of hydrogen-bond acceptors (Lipinski definition) is 4. The van der Waals surface area contributed by atoms with E-state index in [1.807, 2.05) is 91.0 Å². The predicted molar refractivity (Wildman–Crippen MR) is 154 cm³/mol. The molecule has 4 rings (SSSR count). The van der Waals surface area contributed by atoms with Gasteiger partial charge in [0, 0.05) is 19.6 Å². The lowest BCUT2D eigenvalue weighted by Gasteiger charge is -2.28. The molecule has 0 N–H and O–H groups in total. The van der Waals surface area contributed by atoms with Crippen molar-refractivity contribution in [3.63, 3.8) is 0 Å². The van der Waals surface area contributed by atoms with E-state index in [4.69, 9.17) is 16.3 Å². The number of carbonyl (C=O) groups excluding carboxylic acids is 1. The normalized spacial score (nSPS) is 11.4. The van der Waals surface area contributed by atoms with E-state index >= 15 is 0 Å². The van der Waals surface area contributed by atoms with Crippen molar-refractivity contribution in [2.75, 3.05) is 20.2 Å². The Balaban J connectivity index is 1.63. The summed E-state index contributed by atoms with van der Waals surface area (Å²) in [6.07, 6.45) is 0.453. The van der Waals surface area contributed by atoms with Crippen molar-refractivity contribution in [3.8, 4) is 5.75 Å². The standard InChI is InChI=1S/C31H31ClN2O4S/c1-38-30-18-17-28(21-29(30)32)39(36,37)34(20-19-25-11-5-2-6-12-25)24-31(35)33(22-26-13-7-3-8-14-26)23-27-15-9-4-10-16-27/h2-18,21H,19-20,22-24H2,1H3. The van der Waals surface area contributed by atoms with Crippen LogP contribution >= 0.6 is 11.6 Å². The van der Waals surface area contributed by atoms with Crippen LogP contribution in [-0.2, 0) is 34.3 Å². The summed E-state index contributed by atoms with van der Waals surface area (Å²) in [5.41, 5.74) is 2.90. The van der Waals surface area contributed by atoms with E-state index in [0.717, 1.165) is 16.7 Å². The van der Waals surface area contributed by atoms with Crippen molar-refractivity contribution in [2.45, 2.75) is 24.4 Å². The lowest BCUT2D eigenvalue weighted by atomic mass is 10.1. The van der Waals surface area contributed by atoms with E-state index in [2.05, 4.69) is 0 Å². The van der Waals surface area contributed by atoms with Crippen molar-refractivity contribution in [2.24, 2.45) is 0 Å². The first kappa shape index (κ1) is 28.4. The molecule has 39 heavy (non-hydrogen) atoms. The van der Waals surface area contributed by atoms with Gasteiger partial charge in [-0.2, -0.15) is 4.31 Å². The van der Waals surface area contributed by atoms with Gasteiger partial charge in [-0.05, 0) is 41.3 Å². The van der Waals surface area contributed by atoms with Gasteiger partial charge in [0.15, 0.2) is 0 Å². The van der Waals surface area contributed by atoms with Gasteiger partial charge in [-0.25, -0.2) is 8.42 Å². The number of methoxy groups -OCH3 is 1. The molecule has 0 radical (unpaired) electrons. The molecule has 8 heteroatoms. The second kappa shape index (κ2) is 13.4. The van der Waals surface area contributed by atoms with E-state index < -0.39 is 10.0 Å². The van der Waals surface area contributed by atoms with E-state index in [1.54, 1.807) is 4.90 Å². The molecule has 1 amide bonds. The number of amides is 1. The van der Waals surface area contributed by atoms with Crippen LogP contribution in [0.1, 0.15) is 16.7 Å². The summed E-state index contributed by atoms with van der Waals surface area (Å²) in [7, 11) is -2.58. The zero-order valence-electron chi connectivity index (χ0n) is 21.7. The fourth-order valence-corrected chi connectivity index (χ4v) is 5.97.